The highest BCUT2D eigenvalue weighted by atomic mass is 19.4. The molecule has 0 unspecified atom stereocenters. The molecule has 0 aliphatic carbocycles. The molecule has 1 N–H and O–H groups in total. The van der Waals surface area contributed by atoms with E-state index in [0.29, 0.717) is 26.1 Å². The molecule has 4 rings (SSSR count). The van der Waals surface area contributed by atoms with Crippen LogP contribution in [0, 0.1) is 5.92 Å². The number of carbonyl (C=O) groups is 3. The van der Waals surface area contributed by atoms with Crippen molar-refractivity contribution in [1.82, 2.24) is 14.7 Å². The summed E-state index contributed by atoms with van der Waals surface area (Å²) in [6, 6.07) is 20.5. The first-order valence-electron chi connectivity index (χ1n) is 15.6. The van der Waals surface area contributed by atoms with Crippen LogP contribution in [0.15, 0.2) is 60.7 Å². The number of carboxylic acid groups (broad SMARTS) is 1. The van der Waals surface area contributed by atoms with Gasteiger partial charge >= 0.3 is 18.2 Å². The van der Waals surface area contributed by atoms with Crippen LogP contribution in [0.3, 0.4) is 0 Å². The maximum atomic E-state index is 13.8. The molecule has 11 heteroatoms. The summed E-state index contributed by atoms with van der Waals surface area (Å²) >= 11 is 0. The number of hydrogen-bond donors (Lipinski definition) is 1. The average molecular weight is 634 g/mol. The molecule has 45 heavy (non-hydrogen) atoms. The number of ether oxygens (including phenoxy) is 1. The molecule has 0 radical (unpaired) electrons. The van der Waals surface area contributed by atoms with Gasteiger partial charge in [0.2, 0.25) is 5.91 Å². The number of halogens is 3. The lowest BCUT2D eigenvalue weighted by Crippen LogP contribution is -2.49. The number of benzene rings is 2. The molecule has 2 heterocycles. The zero-order chi connectivity index (χ0) is 33.0. The number of carboxylic acids is 1. The summed E-state index contributed by atoms with van der Waals surface area (Å²) in [4.78, 5) is 41.7. The van der Waals surface area contributed by atoms with Gasteiger partial charge in [0.25, 0.3) is 0 Å². The Hall–Kier alpha value is -3.60. The quantitative estimate of drug-likeness (QED) is 0.344. The SMILES string of the molecule is CC(C)(C)OC(=O)N1CCC[C@H]1C(=O)N(CCCN1CCC(Cc2ccccc2)CC1)Cc1ccccc1.O=C(O)C(F)(F)F. The maximum absolute atomic E-state index is 13.8. The van der Waals surface area contributed by atoms with Crippen molar-refractivity contribution in [1.29, 1.82) is 0 Å². The first kappa shape index (κ1) is 35.9. The molecule has 8 nitrogen and oxygen atoms in total. The third kappa shape index (κ3) is 12.4. The number of piperidine rings is 1. The number of rotatable bonds is 9. The van der Waals surface area contributed by atoms with E-state index in [-0.39, 0.29) is 12.0 Å². The van der Waals surface area contributed by atoms with Crippen LogP contribution in [-0.2, 0) is 27.3 Å². The van der Waals surface area contributed by atoms with Gasteiger partial charge in [-0.1, -0.05) is 60.7 Å². The van der Waals surface area contributed by atoms with E-state index >= 15 is 0 Å². The van der Waals surface area contributed by atoms with Crippen LogP contribution in [-0.4, -0.2) is 88.3 Å². The first-order chi connectivity index (χ1) is 21.2. The first-order valence-corrected chi connectivity index (χ1v) is 15.6. The van der Waals surface area contributed by atoms with Gasteiger partial charge < -0.3 is 19.6 Å². The second-order valence-electron chi connectivity index (χ2n) is 12.7. The molecule has 2 aromatic rings. The van der Waals surface area contributed by atoms with Crippen molar-refractivity contribution in [2.45, 2.75) is 83.7 Å². The molecule has 1 atom stereocenters. The Morgan fingerprint density at radius 2 is 1.44 bits per heavy atom. The topological polar surface area (TPSA) is 90.4 Å². The lowest BCUT2D eigenvalue weighted by molar-refractivity contribution is -0.192. The van der Waals surface area contributed by atoms with E-state index in [0.717, 1.165) is 44.0 Å². The smallest absolute Gasteiger partial charge is 0.475 e. The molecule has 2 aliphatic heterocycles. The normalized spacial score (nSPS) is 17.7. The molecule has 2 amide bonds. The zero-order valence-electron chi connectivity index (χ0n) is 26.5. The molecule has 2 aliphatic rings. The zero-order valence-corrected chi connectivity index (χ0v) is 26.5. The van der Waals surface area contributed by atoms with E-state index in [9.17, 15) is 22.8 Å². The van der Waals surface area contributed by atoms with Crippen LogP contribution in [0.5, 0.6) is 0 Å². The van der Waals surface area contributed by atoms with Crippen LogP contribution in [0.4, 0.5) is 18.0 Å². The van der Waals surface area contributed by atoms with Crippen molar-refractivity contribution >= 4 is 18.0 Å². The van der Waals surface area contributed by atoms with Crippen LogP contribution in [0.1, 0.15) is 64.0 Å². The third-order valence-electron chi connectivity index (χ3n) is 7.91. The Morgan fingerprint density at radius 1 is 0.889 bits per heavy atom. The second kappa shape index (κ2) is 16.6. The largest absolute Gasteiger partial charge is 0.490 e. The van der Waals surface area contributed by atoms with E-state index in [1.165, 1.54) is 24.8 Å². The predicted molar refractivity (Wildman–Crippen MR) is 165 cm³/mol. The summed E-state index contributed by atoms with van der Waals surface area (Å²) in [6.07, 6.45) is 0.616. The van der Waals surface area contributed by atoms with Gasteiger partial charge in [-0.3, -0.25) is 9.69 Å². The molecular formula is C34H46F3N3O5. The third-order valence-corrected chi connectivity index (χ3v) is 7.91. The van der Waals surface area contributed by atoms with Crippen molar-refractivity contribution in [3.8, 4) is 0 Å². The van der Waals surface area contributed by atoms with Crippen molar-refractivity contribution in [2.75, 3.05) is 32.7 Å². The lowest BCUT2D eigenvalue weighted by Gasteiger charge is -2.34. The molecule has 0 bridgehead atoms. The molecule has 2 aromatic carbocycles. The number of likely N-dealkylation sites (tertiary alicyclic amines) is 2. The average Bonchev–Trinajstić information content (AvgIpc) is 3.48. The fourth-order valence-electron chi connectivity index (χ4n) is 5.69. The Morgan fingerprint density at radius 3 is 1.98 bits per heavy atom. The fraction of sp³-hybridized carbons (Fsp3) is 0.559. The summed E-state index contributed by atoms with van der Waals surface area (Å²) in [5, 5.41) is 7.12. The minimum atomic E-state index is -5.08. The molecule has 0 spiro atoms. The maximum Gasteiger partial charge on any atom is 0.490 e. The molecule has 0 saturated carbocycles. The molecule has 2 fully saturated rings. The lowest BCUT2D eigenvalue weighted by atomic mass is 9.90. The standard InChI is InChI=1S/C32H45N3O3.C2HF3O2/c1-32(2,3)38-31(37)35-21-10-16-29(35)30(36)34(25-28-14-8-5-9-15-28)20-11-19-33-22-17-27(18-23-33)24-26-12-6-4-7-13-26;3-2(4,5)1(6)7/h4-9,12-15,27,29H,10-11,16-25H2,1-3H3;(H,6,7)/t29-;/m0./s1. The monoisotopic (exact) mass is 633 g/mol. The molecular weight excluding hydrogens is 587 g/mol. The molecule has 2 saturated heterocycles. The number of alkyl halides is 3. The Kier molecular flexibility index (Phi) is 13.3. The molecule has 248 valence electrons. The Labute approximate surface area is 264 Å². The van der Waals surface area contributed by atoms with Gasteiger partial charge in [-0.2, -0.15) is 13.2 Å². The Balaban J connectivity index is 0.000000707. The van der Waals surface area contributed by atoms with Crippen molar-refractivity contribution in [3.05, 3.63) is 71.8 Å². The highest BCUT2D eigenvalue weighted by molar-refractivity contribution is 5.86. The summed E-state index contributed by atoms with van der Waals surface area (Å²) in [5.41, 5.74) is 1.98. The van der Waals surface area contributed by atoms with Crippen LogP contribution >= 0.6 is 0 Å². The van der Waals surface area contributed by atoms with E-state index in [2.05, 4.69) is 47.4 Å². The van der Waals surface area contributed by atoms with Crippen LogP contribution in [0.25, 0.3) is 0 Å². The number of carbonyl (C=O) groups excluding carboxylic acids is 2. The minimum Gasteiger partial charge on any atom is -0.475 e. The minimum absolute atomic E-state index is 0.0405. The fourth-order valence-corrected chi connectivity index (χ4v) is 5.69. The highest BCUT2D eigenvalue weighted by Gasteiger charge is 2.39. The van der Waals surface area contributed by atoms with Crippen molar-refractivity contribution < 1.29 is 37.4 Å². The summed E-state index contributed by atoms with van der Waals surface area (Å²) in [5.74, 6) is -1.96. The van der Waals surface area contributed by atoms with Crippen LogP contribution < -0.4 is 0 Å². The van der Waals surface area contributed by atoms with Gasteiger partial charge in [-0.25, -0.2) is 9.59 Å². The van der Waals surface area contributed by atoms with Gasteiger partial charge in [0, 0.05) is 19.6 Å². The van der Waals surface area contributed by atoms with Crippen LogP contribution in [0.2, 0.25) is 0 Å². The second-order valence-corrected chi connectivity index (χ2v) is 12.7. The van der Waals surface area contributed by atoms with E-state index in [1.807, 2.05) is 43.9 Å². The predicted octanol–water partition coefficient (Wildman–Crippen LogP) is 6.39. The number of aliphatic carboxylic acids is 1. The van der Waals surface area contributed by atoms with Gasteiger partial charge in [0.15, 0.2) is 0 Å². The van der Waals surface area contributed by atoms with Gasteiger partial charge in [-0.05, 0) is 96.0 Å². The Bertz CT molecular complexity index is 1210. The number of nitrogens with zero attached hydrogens (tertiary/aromatic N) is 3. The van der Waals surface area contributed by atoms with Gasteiger partial charge in [-0.15, -0.1) is 0 Å². The number of amides is 2. The van der Waals surface area contributed by atoms with Gasteiger partial charge in [0.1, 0.15) is 11.6 Å². The van der Waals surface area contributed by atoms with E-state index < -0.39 is 23.8 Å². The van der Waals surface area contributed by atoms with Crippen molar-refractivity contribution in [3.63, 3.8) is 0 Å². The van der Waals surface area contributed by atoms with Gasteiger partial charge in [0.05, 0.1) is 0 Å². The summed E-state index contributed by atoms with van der Waals surface area (Å²) < 4.78 is 37.4. The van der Waals surface area contributed by atoms with E-state index in [4.69, 9.17) is 14.6 Å². The molecule has 0 aromatic heterocycles. The summed E-state index contributed by atoms with van der Waals surface area (Å²) in [7, 11) is 0. The van der Waals surface area contributed by atoms with Crippen molar-refractivity contribution in [2.24, 2.45) is 5.92 Å². The highest BCUT2D eigenvalue weighted by Crippen LogP contribution is 2.25. The summed E-state index contributed by atoms with van der Waals surface area (Å²) in [6.45, 7) is 10.7. The number of hydrogen-bond acceptors (Lipinski definition) is 5. The van der Waals surface area contributed by atoms with E-state index in [1.54, 1.807) is 4.90 Å².